The molecular weight excluding hydrogens is 209 g/mol. The van der Waals surface area contributed by atoms with Crippen LogP contribution in [0, 0.1) is 17.8 Å². The van der Waals surface area contributed by atoms with Gasteiger partial charge < -0.3 is 5.32 Å². The Hall–Kier alpha value is -0.390. The van der Waals surface area contributed by atoms with Gasteiger partial charge in [0.05, 0.1) is 5.92 Å². The Morgan fingerprint density at radius 1 is 1.69 bits per heavy atom. The summed E-state index contributed by atoms with van der Waals surface area (Å²) in [4.78, 5) is 11.3. The van der Waals surface area contributed by atoms with Crippen LogP contribution in [0.5, 0.6) is 0 Å². The van der Waals surface area contributed by atoms with Crippen LogP contribution in [0.4, 0.5) is 0 Å². The molecule has 0 heterocycles. The van der Waals surface area contributed by atoms with Gasteiger partial charge in [0, 0.05) is 13.0 Å². The highest BCUT2D eigenvalue weighted by Gasteiger charge is 2.56. The third-order valence-electron chi connectivity index (χ3n) is 1.87. The van der Waals surface area contributed by atoms with Gasteiger partial charge in [0.25, 0.3) is 0 Å². The van der Waals surface area contributed by atoms with Gasteiger partial charge in [-0.05, 0) is 13.3 Å². The van der Waals surface area contributed by atoms with E-state index in [0.29, 0.717) is 19.4 Å². The summed E-state index contributed by atoms with van der Waals surface area (Å²) >= 11 is 11.4. The van der Waals surface area contributed by atoms with Crippen molar-refractivity contribution in [3.8, 4) is 11.8 Å². The number of alkyl halides is 2. The largest absolute Gasteiger partial charge is 0.355 e. The lowest BCUT2D eigenvalue weighted by molar-refractivity contribution is -0.122. The third-order valence-corrected chi connectivity index (χ3v) is 2.70. The van der Waals surface area contributed by atoms with E-state index in [-0.39, 0.29) is 11.8 Å². The summed E-state index contributed by atoms with van der Waals surface area (Å²) in [5, 5.41) is 2.72. The van der Waals surface area contributed by atoms with Crippen LogP contribution >= 0.6 is 23.2 Å². The zero-order valence-corrected chi connectivity index (χ0v) is 8.87. The molecule has 0 aromatic carbocycles. The fourth-order valence-electron chi connectivity index (χ4n) is 0.994. The number of amides is 1. The van der Waals surface area contributed by atoms with E-state index in [1.54, 1.807) is 6.92 Å². The number of carbonyl (C=O) groups excluding carboxylic acids is 1. The normalized spacial score (nSPS) is 22.8. The lowest BCUT2D eigenvalue weighted by Crippen LogP contribution is -2.27. The maximum atomic E-state index is 11.3. The Bertz CT molecular complexity index is 265. The van der Waals surface area contributed by atoms with Gasteiger partial charge in [0.1, 0.15) is 4.33 Å². The van der Waals surface area contributed by atoms with Crippen LogP contribution in [0.1, 0.15) is 19.8 Å². The van der Waals surface area contributed by atoms with Crippen molar-refractivity contribution < 1.29 is 4.79 Å². The fraction of sp³-hybridized carbons (Fsp3) is 0.667. The first-order chi connectivity index (χ1) is 6.08. The van der Waals surface area contributed by atoms with Crippen LogP contribution in [0.15, 0.2) is 0 Å². The van der Waals surface area contributed by atoms with Crippen LogP contribution in [0.2, 0.25) is 0 Å². The Morgan fingerprint density at radius 2 is 2.31 bits per heavy atom. The predicted molar refractivity (Wildman–Crippen MR) is 53.6 cm³/mol. The lowest BCUT2D eigenvalue weighted by Gasteiger charge is -2.01. The predicted octanol–water partition coefficient (Wildman–Crippen LogP) is 1.71. The lowest BCUT2D eigenvalue weighted by atomic mass is 10.3. The molecule has 1 saturated carbocycles. The minimum Gasteiger partial charge on any atom is -0.355 e. The van der Waals surface area contributed by atoms with Gasteiger partial charge in [0.15, 0.2) is 0 Å². The molecule has 0 radical (unpaired) electrons. The summed E-state index contributed by atoms with van der Waals surface area (Å²) in [7, 11) is 0. The molecule has 0 saturated heterocycles. The zero-order chi connectivity index (χ0) is 9.90. The second-order valence-electron chi connectivity index (χ2n) is 2.99. The molecule has 1 aliphatic rings. The number of carbonyl (C=O) groups is 1. The average Bonchev–Trinajstić information content (AvgIpc) is 2.69. The molecule has 1 atom stereocenters. The van der Waals surface area contributed by atoms with Crippen molar-refractivity contribution in [3.05, 3.63) is 0 Å². The highest BCUT2D eigenvalue weighted by molar-refractivity contribution is 6.52. The van der Waals surface area contributed by atoms with Gasteiger partial charge in [-0.15, -0.1) is 35.0 Å². The Morgan fingerprint density at radius 3 is 2.77 bits per heavy atom. The first-order valence-corrected chi connectivity index (χ1v) is 4.88. The highest BCUT2D eigenvalue weighted by Crippen LogP contribution is 2.53. The first kappa shape index (κ1) is 10.7. The van der Waals surface area contributed by atoms with E-state index < -0.39 is 4.33 Å². The fourth-order valence-corrected chi connectivity index (χ4v) is 1.50. The summed E-state index contributed by atoms with van der Waals surface area (Å²) in [6, 6.07) is 0. The average molecular weight is 220 g/mol. The number of halogens is 2. The first-order valence-electron chi connectivity index (χ1n) is 4.13. The van der Waals surface area contributed by atoms with E-state index in [0.717, 1.165) is 0 Å². The van der Waals surface area contributed by atoms with Gasteiger partial charge in [-0.1, -0.05) is 0 Å². The Balaban J connectivity index is 2.15. The molecule has 1 rings (SSSR count). The summed E-state index contributed by atoms with van der Waals surface area (Å²) in [6.45, 7) is 2.34. The minimum absolute atomic E-state index is 0.0668. The van der Waals surface area contributed by atoms with Gasteiger partial charge in [-0.3, -0.25) is 4.79 Å². The third kappa shape index (κ3) is 3.10. The highest BCUT2D eigenvalue weighted by atomic mass is 35.5. The second kappa shape index (κ2) is 4.21. The van der Waals surface area contributed by atoms with Crippen molar-refractivity contribution in [1.29, 1.82) is 0 Å². The van der Waals surface area contributed by atoms with E-state index in [9.17, 15) is 4.79 Å². The number of hydrogen-bond acceptors (Lipinski definition) is 1. The monoisotopic (exact) mass is 219 g/mol. The summed E-state index contributed by atoms with van der Waals surface area (Å²) < 4.78 is -0.819. The van der Waals surface area contributed by atoms with Crippen LogP contribution in [-0.4, -0.2) is 16.8 Å². The van der Waals surface area contributed by atoms with Gasteiger partial charge >= 0.3 is 0 Å². The van der Waals surface area contributed by atoms with Crippen molar-refractivity contribution in [2.24, 2.45) is 5.92 Å². The standard InChI is InChI=1S/C9H11Cl2NO/c1-2-3-4-5-12-8(13)7-6-9(7,10)11/h7H,4-6H2,1H3,(H,12,13). The summed E-state index contributed by atoms with van der Waals surface area (Å²) in [5.74, 6) is 5.30. The molecule has 1 unspecified atom stereocenters. The molecule has 2 nitrogen and oxygen atoms in total. The van der Waals surface area contributed by atoms with Gasteiger partial charge in [0.2, 0.25) is 5.91 Å². The maximum Gasteiger partial charge on any atom is 0.226 e. The molecule has 1 amide bonds. The van der Waals surface area contributed by atoms with Crippen molar-refractivity contribution >= 4 is 29.1 Å². The Kier molecular flexibility index (Phi) is 3.47. The van der Waals surface area contributed by atoms with Crippen molar-refractivity contribution in [1.82, 2.24) is 5.32 Å². The molecule has 1 aliphatic carbocycles. The quantitative estimate of drug-likeness (QED) is 0.438. The van der Waals surface area contributed by atoms with Gasteiger partial charge in [-0.2, -0.15) is 0 Å². The molecule has 1 N–H and O–H groups in total. The molecular formula is C9H11Cl2NO. The zero-order valence-electron chi connectivity index (χ0n) is 7.36. The molecule has 0 aromatic heterocycles. The van der Waals surface area contributed by atoms with E-state index in [1.165, 1.54) is 0 Å². The van der Waals surface area contributed by atoms with Crippen LogP contribution < -0.4 is 5.32 Å². The van der Waals surface area contributed by atoms with Crippen molar-refractivity contribution in [2.75, 3.05) is 6.54 Å². The summed E-state index contributed by atoms with van der Waals surface area (Å²) in [5.41, 5.74) is 0. The minimum atomic E-state index is -0.819. The maximum absolute atomic E-state index is 11.3. The molecule has 0 aromatic rings. The SMILES string of the molecule is CC#CCCNC(=O)C1CC1(Cl)Cl. The topological polar surface area (TPSA) is 29.1 Å². The second-order valence-corrected chi connectivity index (χ2v) is 4.53. The summed E-state index contributed by atoms with van der Waals surface area (Å²) in [6.07, 6.45) is 1.23. The van der Waals surface area contributed by atoms with Crippen LogP contribution in [-0.2, 0) is 4.79 Å². The van der Waals surface area contributed by atoms with Crippen molar-refractivity contribution in [2.45, 2.75) is 24.1 Å². The van der Waals surface area contributed by atoms with E-state index >= 15 is 0 Å². The number of hydrogen-bond donors (Lipinski definition) is 1. The van der Waals surface area contributed by atoms with Crippen LogP contribution in [0.25, 0.3) is 0 Å². The van der Waals surface area contributed by atoms with Crippen LogP contribution in [0.3, 0.4) is 0 Å². The molecule has 0 bridgehead atoms. The van der Waals surface area contributed by atoms with Gasteiger partial charge in [-0.25, -0.2) is 0 Å². The molecule has 0 aliphatic heterocycles. The van der Waals surface area contributed by atoms with E-state index in [4.69, 9.17) is 23.2 Å². The molecule has 13 heavy (non-hydrogen) atoms. The molecule has 0 spiro atoms. The number of rotatable bonds is 3. The molecule has 4 heteroatoms. The van der Waals surface area contributed by atoms with E-state index in [2.05, 4.69) is 17.2 Å². The molecule has 1 fully saturated rings. The molecule has 72 valence electrons. The van der Waals surface area contributed by atoms with Crippen molar-refractivity contribution in [3.63, 3.8) is 0 Å². The number of nitrogens with one attached hydrogen (secondary N) is 1. The smallest absolute Gasteiger partial charge is 0.226 e. The van der Waals surface area contributed by atoms with E-state index in [1.807, 2.05) is 0 Å². The Labute approximate surface area is 88.0 Å².